The fraction of sp³-hybridized carbons (Fsp3) is 0.680. The Bertz CT molecular complexity index is 781. The maximum Gasteiger partial charge on any atom is 0.220 e. The Kier molecular flexibility index (Phi) is 6.98. The predicted molar refractivity (Wildman–Crippen MR) is 123 cm³/mol. The van der Waals surface area contributed by atoms with Gasteiger partial charge in [-0.15, -0.1) is 0 Å². The molecule has 0 bridgehead atoms. The number of halogens is 1. The summed E-state index contributed by atoms with van der Waals surface area (Å²) in [5, 5.41) is 4.07. The lowest BCUT2D eigenvalue weighted by molar-refractivity contribution is -0.141. The highest BCUT2D eigenvalue weighted by Gasteiger charge is 2.50. The summed E-state index contributed by atoms with van der Waals surface area (Å²) in [6, 6.07) is 8.40. The minimum absolute atomic E-state index is 0.0627. The molecule has 0 radical (unpaired) electrons. The summed E-state index contributed by atoms with van der Waals surface area (Å²) in [5.41, 5.74) is 1.31. The fourth-order valence-corrected chi connectivity index (χ4v) is 5.88. The van der Waals surface area contributed by atoms with E-state index >= 15 is 0 Å². The zero-order valence-electron chi connectivity index (χ0n) is 19.1. The number of carbonyl (C=O) groups is 2. The number of hydrogen-bond donors (Lipinski definition) is 1. The normalized spacial score (nSPS) is 30.6. The lowest BCUT2D eigenvalue weighted by Crippen LogP contribution is -2.53. The third kappa shape index (κ3) is 4.91. The van der Waals surface area contributed by atoms with Gasteiger partial charge in [0.05, 0.1) is 0 Å². The molecule has 0 saturated heterocycles. The lowest BCUT2D eigenvalue weighted by Gasteiger charge is -2.51. The van der Waals surface area contributed by atoms with Gasteiger partial charge in [-0.1, -0.05) is 37.6 Å². The summed E-state index contributed by atoms with van der Waals surface area (Å²) < 4.78 is 0. The van der Waals surface area contributed by atoms with Crippen molar-refractivity contribution in [3.8, 4) is 0 Å². The van der Waals surface area contributed by atoms with Crippen LogP contribution < -0.4 is 5.32 Å². The van der Waals surface area contributed by atoms with Crippen LogP contribution in [0.15, 0.2) is 24.3 Å². The number of ketones is 1. The van der Waals surface area contributed by atoms with Crippen LogP contribution in [0.2, 0.25) is 5.02 Å². The van der Waals surface area contributed by atoms with Gasteiger partial charge in [-0.05, 0) is 88.6 Å². The van der Waals surface area contributed by atoms with Crippen LogP contribution in [-0.2, 0) is 16.0 Å². The first-order chi connectivity index (χ1) is 14.0. The predicted octanol–water partition coefficient (Wildman–Crippen LogP) is 4.88. The number of nitrogens with zero attached hydrogens (tertiary/aromatic N) is 1. The standard InChI is InChI=1S/C25H37ClN2O2/c1-17(29)22-14-19(24(22,2)3)15-23(30)27-21-9-11-25(12-10-21,28(4)5)16-18-7-6-8-20(26)13-18/h6-8,13,19,21-22H,9-12,14-16H2,1-5H3,(H,27,30). The summed E-state index contributed by atoms with van der Waals surface area (Å²) in [6.45, 7) is 5.93. The molecule has 2 aliphatic rings. The Balaban J connectivity index is 1.53. The molecule has 0 heterocycles. The zero-order valence-corrected chi connectivity index (χ0v) is 19.9. The Labute approximate surface area is 186 Å². The summed E-state index contributed by atoms with van der Waals surface area (Å²) in [6.07, 6.45) is 6.46. The third-order valence-electron chi connectivity index (χ3n) is 8.05. The summed E-state index contributed by atoms with van der Waals surface area (Å²) in [5.74, 6) is 0.812. The molecule has 4 nitrogen and oxygen atoms in total. The maximum atomic E-state index is 12.7. The summed E-state index contributed by atoms with van der Waals surface area (Å²) >= 11 is 6.19. The van der Waals surface area contributed by atoms with Gasteiger partial charge in [0.25, 0.3) is 0 Å². The molecule has 2 atom stereocenters. The van der Waals surface area contributed by atoms with Gasteiger partial charge in [0.2, 0.25) is 5.91 Å². The van der Waals surface area contributed by atoms with E-state index in [0.717, 1.165) is 43.5 Å². The van der Waals surface area contributed by atoms with Crippen molar-refractivity contribution in [1.29, 1.82) is 0 Å². The molecule has 2 saturated carbocycles. The van der Waals surface area contributed by atoms with Crippen molar-refractivity contribution in [2.24, 2.45) is 17.3 Å². The van der Waals surface area contributed by atoms with Gasteiger partial charge in [0, 0.05) is 28.9 Å². The first kappa shape index (κ1) is 23.3. The minimum Gasteiger partial charge on any atom is -0.353 e. The van der Waals surface area contributed by atoms with Gasteiger partial charge >= 0.3 is 0 Å². The van der Waals surface area contributed by atoms with Crippen molar-refractivity contribution in [2.75, 3.05) is 14.1 Å². The minimum atomic E-state index is -0.0627. The molecule has 2 unspecified atom stereocenters. The number of nitrogens with one attached hydrogen (secondary N) is 1. The van der Waals surface area contributed by atoms with Crippen molar-refractivity contribution >= 4 is 23.3 Å². The van der Waals surface area contributed by atoms with E-state index in [-0.39, 0.29) is 34.6 Å². The number of rotatable bonds is 7. The van der Waals surface area contributed by atoms with Gasteiger partial charge in [-0.25, -0.2) is 0 Å². The highest BCUT2D eigenvalue weighted by atomic mass is 35.5. The molecule has 0 spiro atoms. The van der Waals surface area contributed by atoms with Gasteiger partial charge in [0.15, 0.2) is 0 Å². The van der Waals surface area contributed by atoms with Crippen molar-refractivity contribution in [3.05, 3.63) is 34.9 Å². The van der Waals surface area contributed by atoms with Crippen LogP contribution in [0.25, 0.3) is 0 Å². The molecular weight excluding hydrogens is 396 g/mol. The molecule has 0 aliphatic heterocycles. The zero-order chi connectivity index (χ0) is 22.1. The second-order valence-electron chi connectivity index (χ2n) is 10.4. The van der Waals surface area contributed by atoms with Crippen molar-refractivity contribution in [3.63, 3.8) is 0 Å². The number of hydrogen-bond acceptors (Lipinski definition) is 3. The van der Waals surface area contributed by atoms with Gasteiger partial charge < -0.3 is 10.2 Å². The smallest absolute Gasteiger partial charge is 0.220 e. The first-order valence-corrected chi connectivity index (χ1v) is 11.6. The van der Waals surface area contributed by atoms with Crippen molar-refractivity contribution < 1.29 is 9.59 Å². The van der Waals surface area contributed by atoms with E-state index in [1.165, 1.54) is 5.56 Å². The summed E-state index contributed by atoms with van der Waals surface area (Å²) in [4.78, 5) is 26.8. The van der Waals surface area contributed by atoms with Crippen molar-refractivity contribution in [1.82, 2.24) is 10.2 Å². The Morgan fingerprint density at radius 3 is 2.40 bits per heavy atom. The molecule has 1 N–H and O–H groups in total. The molecule has 2 fully saturated rings. The van der Waals surface area contributed by atoms with E-state index in [2.05, 4.69) is 50.3 Å². The molecule has 1 aromatic rings. The van der Waals surface area contributed by atoms with Crippen LogP contribution in [0.5, 0.6) is 0 Å². The van der Waals surface area contributed by atoms with E-state index in [1.807, 2.05) is 12.1 Å². The molecule has 0 aromatic heterocycles. The lowest BCUT2D eigenvalue weighted by atomic mass is 9.52. The Morgan fingerprint density at radius 2 is 1.87 bits per heavy atom. The number of Topliss-reactive ketones (excluding diaryl/α,β-unsaturated/α-hetero) is 1. The molecule has 30 heavy (non-hydrogen) atoms. The topological polar surface area (TPSA) is 49.4 Å². The van der Waals surface area contributed by atoms with Crippen LogP contribution in [0.1, 0.15) is 64.9 Å². The average molecular weight is 433 g/mol. The molecule has 1 aromatic carbocycles. The van der Waals surface area contributed by atoms with Gasteiger partial charge in [-0.3, -0.25) is 9.59 Å². The Morgan fingerprint density at radius 1 is 1.20 bits per heavy atom. The maximum absolute atomic E-state index is 12.7. The van der Waals surface area contributed by atoms with E-state index in [0.29, 0.717) is 12.3 Å². The fourth-order valence-electron chi connectivity index (χ4n) is 5.67. The SMILES string of the molecule is CC(=O)C1CC(CC(=O)NC2CCC(Cc3cccc(Cl)c3)(N(C)C)CC2)C1(C)C. The molecule has 1 amide bonds. The highest BCUT2D eigenvalue weighted by molar-refractivity contribution is 6.30. The van der Waals surface area contributed by atoms with Crippen LogP contribution in [0.4, 0.5) is 0 Å². The average Bonchev–Trinajstić information content (AvgIpc) is 2.66. The van der Waals surface area contributed by atoms with E-state index in [9.17, 15) is 9.59 Å². The van der Waals surface area contributed by atoms with Crippen molar-refractivity contribution in [2.45, 2.75) is 77.3 Å². The van der Waals surface area contributed by atoms with E-state index in [4.69, 9.17) is 11.6 Å². The Hall–Kier alpha value is -1.39. The third-order valence-corrected chi connectivity index (χ3v) is 8.28. The number of likely N-dealkylation sites (N-methyl/N-ethyl adjacent to an activating group) is 1. The van der Waals surface area contributed by atoms with Crippen LogP contribution in [0, 0.1) is 17.3 Å². The molecular formula is C25H37ClN2O2. The van der Waals surface area contributed by atoms with Crippen LogP contribution in [-0.4, -0.2) is 42.3 Å². The monoisotopic (exact) mass is 432 g/mol. The van der Waals surface area contributed by atoms with E-state index in [1.54, 1.807) is 6.92 Å². The molecule has 5 heteroatoms. The second kappa shape index (κ2) is 9.00. The number of amides is 1. The summed E-state index contributed by atoms with van der Waals surface area (Å²) in [7, 11) is 4.32. The van der Waals surface area contributed by atoms with Crippen LogP contribution >= 0.6 is 11.6 Å². The van der Waals surface area contributed by atoms with Gasteiger partial charge in [-0.2, -0.15) is 0 Å². The number of carbonyl (C=O) groups excluding carboxylic acids is 2. The quantitative estimate of drug-likeness (QED) is 0.667. The van der Waals surface area contributed by atoms with Gasteiger partial charge in [0.1, 0.15) is 5.78 Å². The second-order valence-corrected chi connectivity index (χ2v) is 10.8. The highest BCUT2D eigenvalue weighted by Crippen LogP contribution is 2.53. The first-order valence-electron chi connectivity index (χ1n) is 11.3. The van der Waals surface area contributed by atoms with E-state index < -0.39 is 0 Å². The largest absolute Gasteiger partial charge is 0.353 e. The molecule has 2 aliphatic carbocycles. The van der Waals surface area contributed by atoms with Crippen LogP contribution in [0.3, 0.4) is 0 Å². The molecule has 3 rings (SSSR count). The number of benzene rings is 1. The molecule has 166 valence electrons.